The quantitative estimate of drug-likeness (QED) is 0.918. The van der Waals surface area contributed by atoms with Crippen LogP contribution in [0.25, 0.3) is 0 Å². The fraction of sp³-hybridized carbons (Fsp3) is 0.400. The van der Waals surface area contributed by atoms with Crippen LogP contribution < -0.4 is 0 Å². The van der Waals surface area contributed by atoms with Crippen molar-refractivity contribution in [2.45, 2.75) is 12.8 Å². The molecule has 1 fully saturated rings. The van der Waals surface area contributed by atoms with Crippen LogP contribution in [0.2, 0.25) is 0 Å². The molecule has 6 nitrogen and oxygen atoms in total. The lowest BCUT2D eigenvalue weighted by molar-refractivity contribution is 0.0771. The summed E-state index contributed by atoms with van der Waals surface area (Å²) in [6.45, 7) is 2.90. The van der Waals surface area contributed by atoms with Gasteiger partial charge in [-0.25, -0.2) is 0 Å². The third kappa shape index (κ3) is 2.67. The van der Waals surface area contributed by atoms with Crippen molar-refractivity contribution in [3.8, 4) is 0 Å². The van der Waals surface area contributed by atoms with Crippen LogP contribution in [0.15, 0.2) is 35.1 Å². The van der Waals surface area contributed by atoms with E-state index in [0.717, 1.165) is 5.56 Å². The van der Waals surface area contributed by atoms with Crippen molar-refractivity contribution in [2.24, 2.45) is 5.92 Å². The highest BCUT2D eigenvalue weighted by molar-refractivity contribution is 5.92. The maximum Gasteiger partial charge on any atom is 0.276 e. The number of aryl methyl sites for hydroxylation is 1. The highest BCUT2D eigenvalue weighted by Gasteiger charge is 2.36. The first-order valence-electron chi connectivity index (χ1n) is 6.92. The first kappa shape index (κ1) is 13.8. The van der Waals surface area contributed by atoms with Crippen molar-refractivity contribution in [1.29, 1.82) is 0 Å². The van der Waals surface area contributed by atoms with E-state index in [9.17, 15) is 9.90 Å². The molecule has 2 aromatic rings. The predicted molar refractivity (Wildman–Crippen MR) is 74.7 cm³/mol. The Hall–Kier alpha value is -2.21. The maximum absolute atomic E-state index is 12.4. The Kier molecular flexibility index (Phi) is 3.70. The van der Waals surface area contributed by atoms with E-state index in [1.54, 1.807) is 30.3 Å². The molecule has 3 heterocycles. The van der Waals surface area contributed by atoms with Gasteiger partial charge >= 0.3 is 0 Å². The lowest BCUT2D eigenvalue weighted by atomic mass is 9.90. The van der Waals surface area contributed by atoms with Gasteiger partial charge in [0, 0.05) is 50.0 Å². The lowest BCUT2D eigenvalue weighted by Crippen LogP contribution is -2.29. The number of rotatable bonds is 3. The predicted octanol–water partition coefficient (Wildman–Crippen LogP) is 1.23. The number of hydrogen-bond acceptors (Lipinski definition) is 5. The topological polar surface area (TPSA) is 79.5 Å². The van der Waals surface area contributed by atoms with Gasteiger partial charge in [-0.15, -0.1) is 0 Å². The molecule has 0 spiro atoms. The summed E-state index contributed by atoms with van der Waals surface area (Å²) in [5.74, 6) is 0.614. The van der Waals surface area contributed by atoms with Crippen LogP contribution in [-0.4, -0.2) is 45.8 Å². The summed E-state index contributed by atoms with van der Waals surface area (Å²) >= 11 is 0. The molecule has 110 valence electrons. The Morgan fingerprint density at radius 1 is 1.43 bits per heavy atom. The summed E-state index contributed by atoms with van der Waals surface area (Å²) in [5.41, 5.74) is 1.41. The number of likely N-dealkylation sites (tertiary alicyclic amines) is 1. The number of carbonyl (C=O) groups is 1. The SMILES string of the molecule is Cc1cc(C(=O)N2C[C@@H](CO)[C@H](c3ccncc3)C2)no1. The fourth-order valence-electron chi connectivity index (χ4n) is 2.84. The minimum Gasteiger partial charge on any atom is -0.396 e. The molecule has 0 saturated carbocycles. The van der Waals surface area contributed by atoms with Crippen LogP contribution in [-0.2, 0) is 0 Å². The molecule has 21 heavy (non-hydrogen) atoms. The Labute approximate surface area is 122 Å². The molecule has 1 aliphatic rings. The zero-order chi connectivity index (χ0) is 14.8. The van der Waals surface area contributed by atoms with E-state index in [0.29, 0.717) is 24.5 Å². The van der Waals surface area contributed by atoms with Gasteiger partial charge in [-0.1, -0.05) is 5.16 Å². The van der Waals surface area contributed by atoms with Crippen LogP contribution >= 0.6 is 0 Å². The Morgan fingerprint density at radius 2 is 2.19 bits per heavy atom. The first-order valence-corrected chi connectivity index (χ1v) is 6.92. The highest BCUT2D eigenvalue weighted by atomic mass is 16.5. The van der Waals surface area contributed by atoms with E-state index < -0.39 is 0 Å². The number of aliphatic hydroxyl groups is 1. The van der Waals surface area contributed by atoms with E-state index in [1.807, 2.05) is 12.1 Å². The summed E-state index contributed by atoms with van der Waals surface area (Å²) in [4.78, 5) is 18.1. The summed E-state index contributed by atoms with van der Waals surface area (Å²) in [6, 6.07) is 5.50. The van der Waals surface area contributed by atoms with Crippen molar-refractivity contribution in [3.05, 3.63) is 47.6 Å². The molecule has 2 atom stereocenters. The van der Waals surface area contributed by atoms with Gasteiger partial charge in [0.2, 0.25) is 0 Å². The zero-order valence-corrected chi connectivity index (χ0v) is 11.8. The van der Waals surface area contributed by atoms with Crippen LogP contribution in [0.5, 0.6) is 0 Å². The second-order valence-electron chi connectivity index (χ2n) is 5.36. The maximum atomic E-state index is 12.4. The van der Waals surface area contributed by atoms with E-state index in [1.165, 1.54) is 0 Å². The number of aromatic nitrogens is 2. The van der Waals surface area contributed by atoms with Gasteiger partial charge < -0.3 is 14.5 Å². The first-order chi connectivity index (χ1) is 10.2. The number of amides is 1. The second-order valence-corrected chi connectivity index (χ2v) is 5.36. The van der Waals surface area contributed by atoms with E-state index >= 15 is 0 Å². The van der Waals surface area contributed by atoms with E-state index in [4.69, 9.17) is 4.52 Å². The zero-order valence-electron chi connectivity index (χ0n) is 11.8. The molecule has 0 bridgehead atoms. The lowest BCUT2D eigenvalue weighted by Gasteiger charge is -2.15. The van der Waals surface area contributed by atoms with E-state index in [2.05, 4.69) is 10.1 Å². The average Bonchev–Trinajstić information content (AvgIpc) is 3.13. The molecule has 6 heteroatoms. The molecule has 1 saturated heterocycles. The van der Waals surface area contributed by atoms with Crippen LogP contribution in [0.1, 0.15) is 27.7 Å². The van der Waals surface area contributed by atoms with Crippen molar-refractivity contribution in [1.82, 2.24) is 15.0 Å². The molecule has 0 unspecified atom stereocenters. The molecular weight excluding hydrogens is 270 g/mol. The van der Waals surface area contributed by atoms with Crippen molar-refractivity contribution in [2.75, 3.05) is 19.7 Å². The smallest absolute Gasteiger partial charge is 0.276 e. The van der Waals surface area contributed by atoms with Gasteiger partial charge in [0.25, 0.3) is 5.91 Å². The highest BCUT2D eigenvalue weighted by Crippen LogP contribution is 2.32. The molecule has 1 N–H and O–H groups in total. The normalized spacial score (nSPS) is 21.7. The van der Waals surface area contributed by atoms with Gasteiger partial charge in [-0.05, 0) is 24.6 Å². The monoisotopic (exact) mass is 287 g/mol. The van der Waals surface area contributed by atoms with Crippen molar-refractivity contribution < 1.29 is 14.4 Å². The van der Waals surface area contributed by atoms with Gasteiger partial charge in [-0.3, -0.25) is 9.78 Å². The summed E-state index contributed by atoms with van der Waals surface area (Å²) in [5, 5.41) is 13.4. The number of carbonyl (C=O) groups excluding carboxylic acids is 1. The molecule has 0 aromatic carbocycles. The van der Waals surface area contributed by atoms with Gasteiger partial charge in [0.05, 0.1) is 0 Å². The number of hydrogen-bond donors (Lipinski definition) is 1. The van der Waals surface area contributed by atoms with Gasteiger partial charge in [0.15, 0.2) is 5.69 Å². The van der Waals surface area contributed by atoms with Crippen LogP contribution in [0.4, 0.5) is 0 Å². The third-order valence-corrected chi connectivity index (χ3v) is 3.94. The van der Waals surface area contributed by atoms with Crippen molar-refractivity contribution >= 4 is 5.91 Å². The second kappa shape index (κ2) is 5.65. The molecule has 2 aromatic heterocycles. The van der Waals surface area contributed by atoms with Gasteiger partial charge in [-0.2, -0.15) is 0 Å². The summed E-state index contributed by atoms with van der Waals surface area (Å²) in [6.07, 6.45) is 3.46. The minimum atomic E-state index is -0.151. The van der Waals surface area contributed by atoms with Crippen LogP contribution in [0.3, 0.4) is 0 Å². The fourth-order valence-corrected chi connectivity index (χ4v) is 2.84. The standard InChI is InChI=1S/C15H17N3O3/c1-10-6-14(17-21-10)15(20)18-7-12(9-19)13(8-18)11-2-4-16-5-3-11/h2-6,12-13,19H,7-9H2,1H3/t12-,13-/m0/s1. The van der Waals surface area contributed by atoms with Gasteiger partial charge in [0.1, 0.15) is 5.76 Å². The molecule has 1 aliphatic heterocycles. The Balaban J connectivity index is 1.79. The Bertz CT molecular complexity index is 626. The minimum absolute atomic E-state index is 0.0318. The van der Waals surface area contributed by atoms with Crippen LogP contribution in [0, 0.1) is 12.8 Å². The third-order valence-electron chi connectivity index (χ3n) is 3.94. The molecule has 0 radical (unpaired) electrons. The number of aliphatic hydroxyl groups excluding tert-OH is 1. The molecule has 3 rings (SSSR count). The average molecular weight is 287 g/mol. The number of pyridine rings is 1. The summed E-state index contributed by atoms with van der Waals surface area (Å²) in [7, 11) is 0. The van der Waals surface area contributed by atoms with E-state index in [-0.39, 0.29) is 24.3 Å². The summed E-state index contributed by atoms with van der Waals surface area (Å²) < 4.78 is 4.95. The van der Waals surface area contributed by atoms with Crippen molar-refractivity contribution in [3.63, 3.8) is 0 Å². The molecule has 0 aliphatic carbocycles. The number of nitrogens with zero attached hydrogens (tertiary/aromatic N) is 3. The Morgan fingerprint density at radius 3 is 2.81 bits per heavy atom. The largest absolute Gasteiger partial charge is 0.396 e. The molecule has 1 amide bonds. The molecular formula is C15H17N3O3.